The van der Waals surface area contributed by atoms with Crippen molar-refractivity contribution < 1.29 is 14.6 Å². The number of methoxy groups -OCH3 is 1. The van der Waals surface area contributed by atoms with Gasteiger partial charge in [0.05, 0.1) is 26.0 Å². The Labute approximate surface area is 193 Å². The zero-order chi connectivity index (χ0) is 19.8. The Kier molecular flexibility index (Phi) is 9.60. The van der Waals surface area contributed by atoms with Crippen molar-refractivity contribution in [2.24, 2.45) is 10.4 Å². The summed E-state index contributed by atoms with van der Waals surface area (Å²) in [5, 5.41) is 19.1. The molecule has 3 N–H and O–H groups in total. The summed E-state index contributed by atoms with van der Waals surface area (Å²) in [4.78, 5) is 8.99. The molecule has 1 saturated heterocycles. The van der Waals surface area contributed by atoms with Crippen molar-refractivity contribution >= 4 is 41.3 Å². The van der Waals surface area contributed by atoms with Crippen LogP contribution in [0.25, 0.3) is 10.6 Å². The van der Waals surface area contributed by atoms with E-state index in [2.05, 4.69) is 21.0 Å². The van der Waals surface area contributed by atoms with E-state index in [-0.39, 0.29) is 36.0 Å². The monoisotopic (exact) mass is 532 g/mol. The molecule has 2 aromatic rings. The van der Waals surface area contributed by atoms with Crippen LogP contribution in [0.5, 0.6) is 5.75 Å². The molecule has 0 bridgehead atoms. The summed E-state index contributed by atoms with van der Waals surface area (Å²) in [7, 11) is 3.41. The Balaban J connectivity index is 0.00000300. The number of nitrogens with one attached hydrogen (secondary N) is 2. The zero-order valence-electron chi connectivity index (χ0n) is 16.8. The molecular formula is C20H29IN4O3S. The fourth-order valence-electron chi connectivity index (χ4n) is 3.23. The number of aromatic nitrogens is 1. The van der Waals surface area contributed by atoms with Gasteiger partial charge >= 0.3 is 0 Å². The third-order valence-electron chi connectivity index (χ3n) is 5.01. The van der Waals surface area contributed by atoms with Gasteiger partial charge in [0.25, 0.3) is 0 Å². The lowest BCUT2D eigenvalue weighted by molar-refractivity contribution is 0.127. The first-order valence-corrected chi connectivity index (χ1v) is 10.3. The lowest BCUT2D eigenvalue weighted by Gasteiger charge is -2.27. The smallest absolute Gasteiger partial charge is 0.191 e. The number of aliphatic hydroxyl groups is 1. The van der Waals surface area contributed by atoms with Crippen LogP contribution in [-0.2, 0) is 11.3 Å². The Morgan fingerprint density at radius 2 is 2.14 bits per heavy atom. The predicted octanol–water partition coefficient (Wildman–Crippen LogP) is 2.89. The lowest BCUT2D eigenvalue weighted by Crippen LogP contribution is -2.44. The summed E-state index contributed by atoms with van der Waals surface area (Å²) in [5.74, 6) is 1.56. The van der Waals surface area contributed by atoms with Gasteiger partial charge in [-0.05, 0) is 37.1 Å². The molecule has 1 aliphatic heterocycles. The van der Waals surface area contributed by atoms with E-state index < -0.39 is 0 Å². The second-order valence-corrected chi connectivity index (χ2v) is 7.79. The molecule has 3 rings (SSSR count). The van der Waals surface area contributed by atoms with E-state index in [1.807, 2.05) is 24.3 Å². The van der Waals surface area contributed by atoms with Gasteiger partial charge in [0, 0.05) is 43.2 Å². The van der Waals surface area contributed by atoms with Gasteiger partial charge in [0.15, 0.2) is 5.96 Å². The Morgan fingerprint density at radius 3 is 2.76 bits per heavy atom. The van der Waals surface area contributed by atoms with Gasteiger partial charge < -0.3 is 25.2 Å². The Bertz CT molecular complexity index is 776. The quantitative estimate of drug-likeness (QED) is 0.276. The minimum absolute atomic E-state index is 0. The second-order valence-electron chi connectivity index (χ2n) is 6.93. The highest BCUT2D eigenvalue weighted by molar-refractivity contribution is 14.0. The number of benzene rings is 1. The maximum absolute atomic E-state index is 9.35. The van der Waals surface area contributed by atoms with Crippen molar-refractivity contribution in [2.75, 3.05) is 40.5 Å². The van der Waals surface area contributed by atoms with E-state index in [9.17, 15) is 5.11 Å². The van der Waals surface area contributed by atoms with Crippen LogP contribution in [0.1, 0.15) is 18.5 Å². The van der Waals surface area contributed by atoms with Crippen molar-refractivity contribution in [3.63, 3.8) is 0 Å². The average Bonchev–Trinajstić information content (AvgIpc) is 3.39. The van der Waals surface area contributed by atoms with Gasteiger partial charge in [0.1, 0.15) is 10.8 Å². The van der Waals surface area contributed by atoms with Gasteiger partial charge in [-0.15, -0.1) is 35.3 Å². The van der Waals surface area contributed by atoms with E-state index in [0.29, 0.717) is 13.2 Å². The molecule has 0 aliphatic carbocycles. The number of hydrogen-bond donors (Lipinski definition) is 3. The number of aliphatic imine (C=N–C) groups is 1. The highest BCUT2D eigenvalue weighted by atomic mass is 127. The van der Waals surface area contributed by atoms with Crippen LogP contribution in [0.3, 0.4) is 0 Å². The lowest BCUT2D eigenvalue weighted by atomic mass is 9.84. The molecule has 160 valence electrons. The van der Waals surface area contributed by atoms with E-state index >= 15 is 0 Å². The number of hydrogen-bond acceptors (Lipinski definition) is 6. The van der Waals surface area contributed by atoms with Gasteiger partial charge in [0.2, 0.25) is 0 Å². The fourth-order valence-corrected chi connectivity index (χ4v) is 4.06. The van der Waals surface area contributed by atoms with Crippen molar-refractivity contribution in [3.05, 3.63) is 35.3 Å². The zero-order valence-corrected chi connectivity index (χ0v) is 20.0. The molecule has 1 unspecified atom stereocenters. The van der Waals surface area contributed by atoms with Crippen LogP contribution >= 0.6 is 35.3 Å². The van der Waals surface area contributed by atoms with Gasteiger partial charge in [-0.3, -0.25) is 4.99 Å². The molecule has 1 aromatic heterocycles. The highest BCUT2D eigenvalue weighted by Crippen LogP contribution is 2.31. The molecule has 1 fully saturated rings. The first-order chi connectivity index (χ1) is 13.7. The van der Waals surface area contributed by atoms with Gasteiger partial charge in [-0.25, -0.2) is 4.98 Å². The van der Waals surface area contributed by atoms with Crippen molar-refractivity contribution in [1.29, 1.82) is 0 Å². The van der Waals surface area contributed by atoms with Crippen molar-refractivity contribution in [1.82, 2.24) is 15.6 Å². The molecule has 0 spiro atoms. The Hall–Kier alpha value is -1.43. The molecule has 29 heavy (non-hydrogen) atoms. The van der Waals surface area contributed by atoms with Crippen LogP contribution < -0.4 is 15.4 Å². The molecule has 0 saturated carbocycles. The highest BCUT2D eigenvalue weighted by Gasteiger charge is 2.34. The fraction of sp³-hybridized carbons (Fsp3) is 0.500. The molecule has 1 aliphatic rings. The topological polar surface area (TPSA) is 88.0 Å². The third-order valence-corrected chi connectivity index (χ3v) is 5.95. The standard InChI is InChI=1S/C20H28N4O3S.HI/c1-21-19(23-13-20(7-9-25)8-10-27-14-20)22-11-16-12-28-18(24-16)15-3-5-17(26-2)6-4-15;/h3-6,12,25H,7-11,13-14H2,1-2H3,(H2,21,22,23);1H. The normalized spacial score (nSPS) is 18.9. The van der Waals surface area contributed by atoms with Crippen LogP contribution in [0, 0.1) is 5.41 Å². The van der Waals surface area contributed by atoms with Crippen LogP contribution in [0.2, 0.25) is 0 Å². The summed E-state index contributed by atoms with van der Waals surface area (Å²) in [5.41, 5.74) is 2.02. The molecular weight excluding hydrogens is 503 g/mol. The number of rotatable bonds is 8. The average molecular weight is 532 g/mol. The van der Waals surface area contributed by atoms with E-state index in [1.54, 1.807) is 25.5 Å². The van der Waals surface area contributed by atoms with E-state index in [0.717, 1.165) is 54.0 Å². The number of ether oxygens (including phenoxy) is 2. The minimum Gasteiger partial charge on any atom is -0.497 e. The number of nitrogens with zero attached hydrogens (tertiary/aromatic N) is 2. The number of aliphatic hydroxyl groups excluding tert-OH is 1. The van der Waals surface area contributed by atoms with Crippen LogP contribution in [-0.4, -0.2) is 56.6 Å². The maximum atomic E-state index is 9.35. The summed E-state index contributed by atoms with van der Waals surface area (Å²) >= 11 is 1.62. The van der Waals surface area contributed by atoms with Crippen LogP contribution in [0.15, 0.2) is 34.6 Å². The first-order valence-electron chi connectivity index (χ1n) is 9.40. The largest absolute Gasteiger partial charge is 0.497 e. The number of guanidine groups is 1. The van der Waals surface area contributed by atoms with Gasteiger partial charge in [-0.2, -0.15) is 0 Å². The molecule has 1 atom stereocenters. The maximum Gasteiger partial charge on any atom is 0.191 e. The molecule has 9 heteroatoms. The predicted molar refractivity (Wildman–Crippen MR) is 127 cm³/mol. The molecule has 7 nitrogen and oxygen atoms in total. The minimum atomic E-state index is -0.0193. The molecule has 0 radical (unpaired) electrons. The van der Waals surface area contributed by atoms with E-state index in [1.165, 1.54) is 0 Å². The summed E-state index contributed by atoms with van der Waals surface area (Å²) in [6, 6.07) is 7.91. The Morgan fingerprint density at radius 1 is 1.34 bits per heavy atom. The summed E-state index contributed by atoms with van der Waals surface area (Å²) in [6.45, 7) is 2.91. The first kappa shape index (κ1) is 23.8. The number of halogens is 1. The van der Waals surface area contributed by atoms with Crippen molar-refractivity contribution in [3.8, 4) is 16.3 Å². The summed E-state index contributed by atoms with van der Waals surface area (Å²) < 4.78 is 10.7. The molecule has 0 amide bonds. The van der Waals surface area contributed by atoms with Crippen molar-refractivity contribution in [2.45, 2.75) is 19.4 Å². The summed E-state index contributed by atoms with van der Waals surface area (Å²) in [6.07, 6.45) is 1.68. The van der Waals surface area contributed by atoms with Gasteiger partial charge in [-0.1, -0.05) is 0 Å². The SMILES string of the molecule is CN=C(NCc1csc(-c2ccc(OC)cc2)n1)NCC1(CCO)CCOC1.I. The van der Waals surface area contributed by atoms with E-state index in [4.69, 9.17) is 14.5 Å². The third kappa shape index (κ3) is 6.53. The number of thiazole rings is 1. The second kappa shape index (κ2) is 11.7. The molecule has 2 heterocycles. The molecule has 1 aromatic carbocycles. The van der Waals surface area contributed by atoms with Crippen LogP contribution in [0.4, 0.5) is 0 Å².